The highest BCUT2D eigenvalue weighted by atomic mass is 32.2. The van der Waals surface area contributed by atoms with Crippen LogP contribution in [0.1, 0.15) is 16.7 Å². The number of carbonyl (C=O) groups excluding carboxylic acids is 1. The van der Waals surface area contributed by atoms with Crippen LogP contribution in [-0.2, 0) is 11.4 Å². The number of carbonyl (C=O) groups is 1. The van der Waals surface area contributed by atoms with Crippen molar-refractivity contribution in [2.45, 2.75) is 13.5 Å². The average Bonchev–Trinajstić information content (AvgIpc) is 3.06. The minimum atomic E-state index is -0.118. The molecule has 0 aromatic heterocycles. The second kappa shape index (κ2) is 9.37. The largest absolute Gasteiger partial charge is 0.493 e. The highest BCUT2D eigenvalue weighted by Gasteiger charge is 2.33. The Morgan fingerprint density at radius 3 is 2.48 bits per heavy atom. The van der Waals surface area contributed by atoms with E-state index in [0.717, 1.165) is 22.4 Å². The van der Waals surface area contributed by atoms with Crippen LogP contribution in [0.2, 0.25) is 0 Å². The minimum absolute atomic E-state index is 0.118. The van der Waals surface area contributed by atoms with Gasteiger partial charge in [0.25, 0.3) is 5.91 Å². The van der Waals surface area contributed by atoms with Crippen molar-refractivity contribution in [1.82, 2.24) is 0 Å². The van der Waals surface area contributed by atoms with E-state index in [0.29, 0.717) is 27.3 Å². The average molecular weight is 448 g/mol. The molecule has 31 heavy (non-hydrogen) atoms. The van der Waals surface area contributed by atoms with Crippen LogP contribution in [0.4, 0.5) is 5.69 Å². The molecule has 6 heteroatoms. The summed E-state index contributed by atoms with van der Waals surface area (Å²) >= 11 is 6.79. The van der Waals surface area contributed by atoms with Gasteiger partial charge in [0, 0.05) is 0 Å². The first-order chi connectivity index (χ1) is 15.1. The molecule has 0 spiro atoms. The summed E-state index contributed by atoms with van der Waals surface area (Å²) in [7, 11) is 1.60. The zero-order chi connectivity index (χ0) is 21.8. The normalized spacial score (nSPS) is 14.9. The lowest BCUT2D eigenvalue weighted by molar-refractivity contribution is -0.113. The summed E-state index contributed by atoms with van der Waals surface area (Å²) in [6, 6.07) is 23.3. The summed E-state index contributed by atoms with van der Waals surface area (Å²) in [6.07, 6.45) is 1.83. The maximum atomic E-state index is 13.0. The van der Waals surface area contributed by atoms with Crippen molar-refractivity contribution in [3.8, 4) is 11.5 Å². The molecule has 0 saturated carbocycles. The number of anilines is 1. The van der Waals surface area contributed by atoms with Gasteiger partial charge in [0.2, 0.25) is 0 Å². The highest BCUT2D eigenvalue weighted by molar-refractivity contribution is 8.27. The summed E-state index contributed by atoms with van der Waals surface area (Å²) < 4.78 is 12.0. The predicted molar refractivity (Wildman–Crippen MR) is 131 cm³/mol. The van der Waals surface area contributed by atoms with Gasteiger partial charge < -0.3 is 9.47 Å². The molecule has 156 valence electrons. The van der Waals surface area contributed by atoms with Gasteiger partial charge in [-0.15, -0.1) is 0 Å². The third-order valence-corrected chi connectivity index (χ3v) is 6.17. The molecule has 0 N–H and O–H groups in total. The first-order valence-corrected chi connectivity index (χ1v) is 11.0. The topological polar surface area (TPSA) is 38.8 Å². The molecule has 3 aromatic rings. The van der Waals surface area contributed by atoms with Crippen molar-refractivity contribution >= 4 is 46.0 Å². The number of hydrogen-bond donors (Lipinski definition) is 0. The first kappa shape index (κ1) is 21.2. The van der Waals surface area contributed by atoms with E-state index < -0.39 is 0 Å². The maximum absolute atomic E-state index is 13.0. The highest BCUT2D eigenvalue weighted by Crippen LogP contribution is 2.38. The number of rotatable bonds is 6. The Balaban J connectivity index is 1.55. The van der Waals surface area contributed by atoms with Crippen LogP contribution in [0.25, 0.3) is 6.08 Å². The van der Waals surface area contributed by atoms with E-state index in [-0.39, 0.29) is 5.91 Å². The lowest BCUT2D eigenvalue weighted by atomic mass is 10.1. The Hall–Kier alpha value is -3.09. The van der Waals surface area contributed by atoms with Crippen molar-refractivity contribution < 1.29 is 14.3 Å². The van der Waals surface area contributed by atoms with Gasteiger partial charge in [-0.05, 0) is 47.9 Å². The van der Waals surface area contributed by atoms with Gasteiger partial charge in [0.1, 0.15) is 6.61 Å². The van der Waals surface area contributed by atoms with Gasteiger partial charge in [-0.1, -0.05) is 78.6 Å². The molecule has 1 heterocycles. The second-order valence-corrected chi connectivity index (χ2v) is 8.66. The Morgan fingerprint density at radius 2 is 1.74 bits per heavy atom. The molecule has 1 amide bonds. The summed E-state index contributed by atoms with van der Waals surface area (Å²) in [6.45, 7) is 2.42. The molecule has 0 atom stereocenters. The van der Waals surface area contributed by atoms with Gasteiger partial charge in [-0.3, -0.25) is 9.69 Å². The lowest BCUT2D eigenvalue weighted by Gasteiger charge is -2.16. The van der Waals surface area contributed by atoms with Gasteiger partial charge in [-0.2, -0.15) is 0 Å². The van der Waals surface area contributed by atoms with Crippen molar-refractivity contribution in [3.63, 3.8) is 0 Å². The SMILES string of the molecule is COc1cc(/C=C2\SC(=S)N(c3ccccc3C)C2=O)ccc1OCc1ccccc1. The number of thioether (sulfide) groups is 1. The Labute approximate surface area is 191 Å². The van der Waals surface area contributed by atoms with E-state index in [9.17, 15) is 4.79 Å². The first-order valence-electron chi connectivity index (χ1n) is 9.75. The summed E-state index contributed by atoms with van der Waals surface area (Å²) in [4.78, 5) is 15.2. The third kappa shape index (κ3) is 4.65. The number of para-hydroxylation sites is 1. The fourth-order valence-electron chi connectivity index (χ4n) is 3.27. The molecular weight excluding hydrogens is 426 g/mol. The van der Waals surface area contributed by atoms with E-state index in [1.54, 1.807) is 12.0 Å². The Morgan fingerprint density at radius 1 is 1.00 bits per heavy atom. The summed E-state index contributed by atoms with van der Waals surface area (Å²) in [5.41, 5.74) is 3.74. The summed E-state index contributed by atoms with van der Waals surface area (Å²) in [5, 5.41) is 0. The molecule has 1 saturated heterocycles. The standard InChI is InChI=1S/C25H21NO3S2/c1-17-8-6-7-11-20(17)26-24(27)23(31-25(26)30)15-19-12-13-21(22(14-19)28-2)29-16-18-9-4-3-5-10-18/h3-15H,16H2,1-2H3/b23-15-. The van der Waals surface area contributed by atoms with E-state index in [1.807, 2.05) is 85.8 Å². The molecule has 0 bridgehead atoms. The lowest BCUT2D eigenvalue weighted by Crippen LogP contribution is -2.28. The van der Waals surface area contributed by atoms with Crippen LogP contribution < -0.4 is 14.4 Å². The fraction of sp³-hybridized carbons (Fsp3) is 0.120. The van der Waals surface area contributed by atoms with E-state index >= 15 is 0 Å². The van der Waals surface area contributed by atoms with Gasteiger partial charge in [-0.25, -0.2) is 0 Å². The molecule has 3 aromatic carbocycles. The van der Waals surface area contributed by atoms with E-state index in [1.165, 1.54) is 11.8 Å². The number of hydrogen-bond acceptors (Lipinski definition) is 5. The Bertz CT molecular complexity index is 1160. The number of amides is 1. The molecule has 0 radical (unpaired) electrons. The van der Waals surface area contributed by atoms with Gasteiger partial charge in [0.15, 0.2) is 15.8 Å². The molecule has 1 fully saturated rings. The zero-order valence-electron chi connectivity index (χ0n) is 17.2. The number of benzene rings is 3. The fourth-order valence-corrected chi connectivity index (χ4v) is 4.55. The summed E-state index contributed by atoms with van der Waals surface area (Å²) in [5.74, 6) is 1.14. The molecule has 4 rings (SSSR count). The minimum Gasteiger partial charge on any atom is -0.493 e. The maximum Gasteiger partial charge on any atom is 0.270 e. The van der Waals surface area contributed by atoms with Crippen LogP contribution >= 0.6 is 24.0 Å². The van der Waals surface area contributed by atoms with Gasteiger partial charge >= 0.3 is 0 Å². The van der Waals surface area contributed by atoms with Crippen LogP contribution in [0.15, 0.2) is 77.7 Å². The third-order valence-electron chi connectivity index (χ3n) is 4.87. The van der Waals surface area contributed by atoms with E-state index in [4.69, 9.17) is 21.7 Å². The van der Waals surface area contributed by atoms with Crippen LogP contribution in [0.3, 0.4) is 0 Å². The predicted octanol–water partition coefficient (Wildman–Crippen LogP) is 5.99. The molecule has 4 nitrogen and oxygen atoms in total. The smallest absolute Gasteiger partial charge is 0.270 e. The monoisotopic (exact) mass is 447 g/mol. The zero-order valence-corrected chi connectivity index (χ0v) is 18.8. The molecule has 0 aliphatic carbocycles. The van der Waals surface area contributed by atoms with E-state index in [2.05, 4.69) is 0 Å². The number of methoxy groups -OCH3 is 1. The molecule has 0 unspecified atom stereocenters. The molecule has 1 aliphatic rings. The number of ether oxygens (including phenoxy) is 2. The van der Waals surface area contributed by atoms with Crippen LogP contribution in [0, 0.1) is 6.92 Å². The van der Waals surface area contributed by atoms with Crippen molar-refractivity contribution in [3.05, 3.63) is 94.4 Å². The van der Waals surface area contributed by atoms with Crippen molar-refractivity contribution in [1.29, 1.82) is 0 Å². The number of aryl methyl sites for hydroxylation is 1. The Kier molecular flexibility index (Phi) is 6.39. The quantitative estimate of drug-likeness (QED) is 0.343. The second-order valence-electron chi connectivity index (χ2n) is 6.99. The van der Waals surface area contributed by atoms with Crippen LogP contribution in [0.5, 0.6) is 11.5 Å². The number of thiocarbonyl (C=S) groups is 1. The van der Waals surface area contributed by atoms with Crippen LogP contribution in [-0.4, -0.2) is 17.3 Å². The van der Waals surface area contributed by atoms with Gasteiger partial charge in [0.05, 0.1) is 17.7 Å². The number of nitrogens with zero attached hydrogens (tertiary/aromatic N) is 1. The molecule has 1 aliphatic heterocycles. The van der Waals surface area contributed by atoms with Crippen molar-refractivity contribution in [2.24, 2.45) is 0 Å². The molecular formula is C25H21NO3S2. The van der Waals surface area contributed by atoms with Crippen molar-refractivity contribution in [2.75, 3.05) is 12.0 Å².